The zero-order chi connectivity index (χ0) is 12.4. The molecule has 2 N–H and O–H groups in total. The third-order valence-corrected chi connectivity index (χ3v) is 2.17. The number of rotatable bonds is 3. The van der Waals surface area contributed by atoms with Crippen LogP contribution in [-0.2, 0) is 16.1 Å². The lowest BCUT2D eigenvalue weighted by molar-refractivity contribution is -0.136. The number of aromatic carboxylic acids is 1. The standard InChI is InChI=1S/C9H9N3O5/c13-7-3-12(4-8(14)10-7)2-5-1-6(9(15)16)11-17-5/h1H,2-4H2,(H,15,16)(H,10,13,14). The Morgan fingerprint density at radius 3 is 2.65 bits per heavy atom. The van der Waals surface area contributed by atoms with E-state index >= 15 is 0 Å². The molecule has 0 unspecified atom stereocenters. The van der Waals surface area contributed by atoms with E-state index in [0.29, 0.717) is 5.76 Å². The zero-order valence-electron chi connectivity index (χ0n) is 8.67. The summed E-state index contributed by atoms with van der Waals surface area (Å²) in [6.45, 7) is 0.295. The molecule has 0 atom stereocenters. The maximum atomic E-state index is 11.1. The molecule has 1 aromatic heterocycles. The smallest absolute Gasteiger partial charge is 0.358 e. The number of carboxylic acids is 1. The molecule has 17 heavy (non-hydrogen) atoms. The highest BCUT2D eigenvalue weighted by molar-refractivity contribution is 5.99. The molecule has 1 aliphatic heterocycles. The average Bonchev–Trinajstić information content (AvgIpc) is 2.64. The van der Waals surface area contributed by atoms with Crippen molar-refractivity contribution in [1.29, 1.82) is 0 Å². The monoisotopic (exact) mass is 239 g/mol. The molecule has 0 saturated carbocycles. The first-order chi connectivity index (χ1) is 8.04. The van der Waals surface area contributed by atoms with Gasteiger partial charge in [-0.05, 0) is 0 Å². The third-order valence-electron chi connectivity index (χ3n) is 2.17. The summed E-state index contributed by atoms with van der Waals surface area (Å²) in [5, 5.41) is 14.1. The van der Waals surface area contributed by atoms with Crippen LogP contribution in [0.15, 0.2) is 10.6 Å². The molecule has 2 amide bonds. The van der Waals surface area contributed by atoms with Crippen LogP contribution >= 0.6 is 0 Å². The summed E-state index contributed by atoms with van der Waals surface area (Å²) in [6, 6.07) is 1.26. The second-order valence-electron chi connectivity index (χ2n) is 3.60. The Labute approximate surface area is 95.2 Å². The largest absolute Gasteiger partial charge is 0.476 e. The normalized spacial score (nSPS) is 16.9. The molecule has 0 aliphatic carbocycles. The summed E-state index contributed by atoms with van der Waals surface area (Å²) in [6.07, 6.45) is 0. The van der Waals surface area contributed by atoms with Gasteiger partial charge in [0.15, 0.2) is 11.5 Å². The summed E-state index contributed by atoms with van der Waals surface area (Å²) in [7, 11) is 0. The number of amides is 2. The van der Waals surface area contributed by atoms with Gasteiger partial charge in [-0.2, -0.15) is 0 Å². The number of hydrogen-bond donors (Lipinski definition) is 2. The Bertz CT molecular complexity index is 465. The van der Waals surface area contributed by atoms with E-state index in [1.54, 1.807) is 0 Å². The number of imide groups is 1. The second kappa shape index (κ2) is 4.34. The van der Waals surface area contributed by atoms with Gasteiger partial charge in [-0.25, -0.2) is 4.79 Å². The molecule has 0 spiro atoms. The highest BCUT2D eigenvalue weighted by Crippen LogP contribution is 2.08. The predicted octanol–water partition coefficient (Wildman–Crippen LogP) is -1.17. The summed E-state index contributed by atoms with van der Waals surface area (Å²) < 4.78 is 4.78. The van der Waals surface area contributed by atoms with E-state index in [9.17, 15) is 14.4 Å². The van der Waals surface area contributed by atoms with Gasteiger partial charge in [0, 0.05) is 6.07 Å². The molecule has 90 valence electrons. The topological polar surface area (TPSA) is 113 Å². The van der Waals surface area contributed by atoms with Crippen LogP contribution in [-0.4, -0.2) is 46.0 Å². The minimum Gasteiger partial charge on any atom is -0.476 e. The van der Waals surface area contributed by atoms with Crippen molar-refractivity contribution in [3.05, 3.63) is 17.5 Å². The number of piperazine rings is 1. The lowest BCUT2D eigenvalue weighted by atomic mass is 10.3. The quantitative estimate of drug-likeness (QED) is 0.639. The van der Waals surface area contributed by atoms with E-state index in [4.69, 9.17) is 9.63 Å². The van der Waals surface area contributed by atoms with E-state index in [-0.39, 0.29) is 37.1 Å². The first-order valence-electron chi connectivity index (χ1n) is 4.78. The van der Waals surface area contributed by atoms with Crippen molar-refractivity contribution in [2.24, 2.45) is 0 Å². The molecule has 2 rings (SSSR count). The van der Waals surface area contributed by atoms with Crippen molar-refractivity contribution in [3.8, 4) is 0 Å². The third kappa shape index (κ3) is 2.67. The molecule has 8 nitrogen and oxygen atoms in total. The fourth-order valence-corrected chi connectivity index (χ4v) is 1.52. The molecule has 0 radical (unpaired) electrons. The second-order valence-corrected chi connectivity index (χ2v) is 3.60. The predicted molar refractivity (Wildman–Crippen MR) is 51.9 cm³/mol. The van der Waals surface area contributed by atoms with Crippen LogP contribution in [0.5, 0.6) is 0 Å². The fourth-order valence-electron chi connectivity index (χ4n) is 1.52. The van der Waals surface area contributed by atoms with Gasteiger partial charge in [0.25, 0.3) is 0 Å². The minimum atomic E-state index is -1.19. The number of nitrogens with zero attached hydrogens (tertiary/aromatic N) is 2. The molecule has 0 bridgehead atoms. The average molecular weight is 239 g/mol. The fraction of sp³-hybridized carbons (Fsp3) is 0.333. The van der Waals surface area contributed by atoms with Gasteiger partial charge in [0.2, 0.25) is 11.8 Å². The Kier molecular flexibility index (Phi) is 2.88. The SMILES string of the molecule is O=C1CN(Cc2cc(C(=O)O)no2)CC(=O)N1. The summed E-state index contributed by atoms with van der Waals surface area (Å²) in [4.78, 5) is 34.2. The Hall–Kier alpha value is -2.22. The molecule has 1 saturated heterocycles. The van der Waals surface area contributed by atoms with Crippen molar-refractivity contribution in [2.75, 3.05) is 13.1 Å². The van der Waals surface area contributed by atoms with Gasteiger partial charge >= 0.3 is 5.97 Å². The lowest BCUT2D eigenvalue weighted by Crippen LogP contribution is -2.50. The van der Waals surface area contributed by atoms with E-state index in [1.165, 1.54) is 11.0 Å². The number of hydrogen-bond acceptors (Lipinski definition) is 6. The highest BCUT2D eigenvalue weighted by atomic mass is 16.5. The van der Waals surface area contributed by atoms with Gasteiger partial charge in [0.05, 0.1) is 19.6 Å². The lowest BCUT2D eigenvalue weighted by Gasteiger charge is -2.23. The maximum absolute atomic E-state index is 11.1. The molecular weight excluding hydrogens is 230 g/mol. The van der Waals surface area contributed by atoms with Crippen molar-refractivity contribution in [2.45, 2.75) is 6.54 Å². The van der Waals surface area contributed by atoms with Crippen LogP contribution in [0.25, 0.3) is 0 Å². The number of aromatic nitrogens is 1. The van der Waals surface area contributed by atoms with Crippen molar-refractivity contribution in [3.63, 3.8) is 0 Å². The summed E-state index contributed by atoms with van der Waals surface area (Å²) in [5.74, 6) is -1.67. The van der Waals surface area contributed by atoms with Crippen molar-refractivity contribution in [1.82, 2.24) is 15.4 Å². The van der Waals surface area contributed by atoms with E-state index < -0.39 is 5.97 Å². The molecule has 1 fully saturated rings. The first-order valence-corrected chi connectivity index (χ1v) is 4.78. The molecule has 2 heterocycles. The van der Waals surface area contributed by atoms with E-state index in [2.05, 4.69) is 10.5 Å². The van der Waals surface area contributed by atoms with Crippen molar-refractivity contribution < 1.29 is 24.0 Å². The minimum absolute atomic E-state index is 0.0643. The van der Waals surface area contributed by atoms with Crippen LogP contribution in [0.3, 0.4) is 0 Å². The van der Waals surface area contributed by atoms with Crippen LogP contribution in [0, 0.1) is 0 Å². The maximum Gasteiger partial charge on any atom is 0.358 e. The number of carboxylic acid groups (broad SMARTS) is 1. The van der Waals surface area contributed by atoms with E-state index in [0.717, 1.165) is 0 Å². The number of carbonyl (C=O) groups is 3. The summed E-state index contributed by atoms with van der Waals surface area (Å²) in [5.41, 5.74) is -0.201. The van der Waals surface area contributed by atoms with Gasteiger partial charge in [0.1, 0.15) is 0 Å². The van der Waals surface area contributed by atoms with Crippen LogP contribution < -0.4 is 5.32 Å². The first kappa shape index (κ1) is 11.3. The van der Waals surface area contributed by atoms with Crippen molar-refractivity contribution >= 4 is 17.8 Å². The zero-order valence-corrected chi connectivity index (χ0v) is 8.67. The number of nitrogens with one attached hydrogen (secondary N) is 1. The molecule has 0 aromatic carbocycles. The molecule has 1 aliphatic rings. The van der Waals surface area contributed by atoms with Crippen LogP contribution in [0.2, 0.25) is 0 Å². The van der Waals surface area contributed by atoms with Gasteiger partial charge in [-0.3, -0.25) is 19.8 Å². The van der Waals surface area contributed by atoms with Gasteiger partial charge < -0.3 is 9.63 Å². The van der Waals surface area contributed by atoms with E-state index in [1.807, 2.05) is 0 Å². The Balaban J connectivity index is 2.02. The van der Waals surface area contributed by atoms with Gasteiger partial charge in [-0.1, -0.05) is 5.16 Å². The van der Waals surface area contributed by atoms with Crippen LogP contribution in [0.4, 0.5) is 0 Å². The highest BCUT2D eigenvalue weighted by Gasteiger charge is 2.23. The molecule has 8 heteroatoms. The summed E-state index contributed by atoms with van der Waals surface area (Å²) >= 11 is 0. The van der Waals surface area contributed by atoms with Gasteiger partial charge in [-0.15, -0.1) is 0 Å². The number of carbonyl (C=O) groups excluding carboxylic acids is 2. The molecular formula is C9H9N3O5. The Morgan fingerprint density at radius 2 is 2.12 bits per heavy atom. The van der Waals surface area contributed by atoms with Crippen LogP contribution in [0.1, 0.15) is 16.2 Å². The Morgan fingerprint density at radius 1 is 1.47 bits per heavy atom. The molecule has 1 aromatic rings.